The Morgan fingerprint density at radius 3 is 2.67 bits per heavy atom. The van der Waals surface area contributed by atoms with Crippen LogP contribution in [0.3, 0.4) is 0 Å². The van der Waals surface area contributed by atoms with Crippen LogP contribution in [0.25, 0.3) is 22.6 Å². The summed E-state index contributed by atoms with van der Waals surface area (Å²) in [4.78, 5) is 11.1. The van der Waals surface area contributed by atoms with Crippen LogP contribution in [0.4, 0.5) is 10.8 Å². The zero-order valence-corrected chi connectivity index (χ0v) is 20.1. The highest BCUT2D eigenvalue weighted by Gasteiger charge is 2.27. The molecule has 1 aliphatic heterocycles. The van der Waals surface area contributed by atoms with Gasteiger partial charge in [0.05, 0.1) is 5.69 Å². The summed E-state index contributed by atoms with van der Waals surface area (Å²) in [6, 6.07) is 16.1. The van der Waals surface area contributed by atoms with E-state index in [0.29, 0.717) is 18.1 Å². The van der Waals surface area contributed by atoms with Crippen LogP contribution in [-0.4, -0.2) is 38.6 Å². The molecule has 0 spiro atoms. The molecule has 0 aliphatic carbocycles. The maximum atomic E-state index is 7.71. The summed E-state index contributed by atoms with van der Waals surface area (Å²) in [5, 5.41) is 18.1. The van der Waals surface area contributed by atoms with Crippen molar-refractivity contribution in [1.82, 2.24) is 20.0 Å². The number of hydrogen-bond acceptors (Lipinski definition) is 7. The van der Waals surface area contributed by atoms with E-state index in [1.807, 2.05) is 58.8 Å². The predicted molar refractivity (Wildman–Crippen MR) is 134 cm³/mol. The standard InChI is InChI=1S/C23H22BrN7OS/c24-16-7-3-14(4-8-16)19-13-33-23(28-19)27-17-9-5-15(6-10-17)21-29-20(32-30-21)12-18-2-1-11-31(18)22(25)26/h3-10,13,18H,1-2,11-12H2,(H3,25,26)(H,27,28)/t18-/m0/s1. The van der Waals surface area contributed by atoms with E-state index in [1.54, 1.807) is 11.3 Å². The van der Waals surface area contributed by atoms with Crippen LogP contribution in [0.2, 0.25) is 0 Å². The molecule has 4 N–H and O–H groups in total. The van der Waals surface area contributed by atoms with Crippen molar-refractivity contribution in [3.63, 3.8) is 0 Å². The molecule has 8 nitrogen and oxygen atoms in total. The third kappa shape index (κ3) is 4.91. The van der Waals surface area contributed by atoms with Crippen LogP contribution in [0.1, 0.15) is 18.7 Å². The molecule has 1 aliphatic rings. The molecular formula is C23H22BrN7OS. The maximum Gasteiger partial charge on any atom is 0.229 e. The molecular weight excluding hydrogens is 502 g/mol. The van der Waals surface area contributed by atoms with Gasteiger partial charge in [0.1, 0.15) is 0 Å². The van der Waals surface area contributed by atoms with Gasteiger partial charge in [-0.05, 0) is 49.2 Å². The summed E-state index contributed by atoms with van der Waals surface area (Å²) in [5.74, 6) is 1.22. The van der Waals surface area contributed by atoms with E-state index in [1.165, 1.54) is 0 Å². The van der Waals surface area contributed by atoms with E-state index in [0.717, 1.165) is 51.5 Å². The highest BCUT2D eigenvalue weighted by atomic mass is 79.9. The van der Waals surface area contributed by atoms with E-state index in [4.69, 9.17) is 15.7 Å². The molecule has 33 heavy (non-hydrogen) atoms. The fourth-order valence-electron chi connectivity index (χ4n) is 3.93. The van der Waals surface area contributed by atoms with E-state index >= 15 is 0 Å². The molecule has 1 fully saturated rings. The zero-order chi connectivity index (χ0) is 22.8. The molecule has 168 valence electrons. The zero-order valence-electron chi connectivity index (χ0n) is 17.7. The lowest BCUT2D eigenvalue weighted by Gasteiger charge is -2.23. The Bertz CT molecular complexity index is 1250. The molecule has 1 atom stereocenters. The maximum absolute atomic E-state index is 7.71. The van der Waals surface area contributed by atoms with Crippen LogP contribution in [0.5, 0.6) is 0 Å². The summed E-state index contributed by atoms with van der Waals surface area (Å²) < 4.78 is 6.51. The van der Waals surface area contributed by atoms with Gasteiger partial charge in [0.15, 0.2) is 11.1 Å². The lowest BCUT2D eigenvalue weighted by atomic mass is 10.1. The number of hydrogen-bond donors (Lipinski definition) is 3. The Morgan fingerprint density at radius 1 is 1.15 bits per heavy atom. The molecule has 0 radical (unpaired) electrons. The first kappa shape index (κ1) is 21.6. The SMILES string of the molecule is N=C(N)N1CCC[C@H]1Cc1nc(-c2ccc(Nc3nc(-c4ccc(Br)cc4)cs3)cc2)no1. The fourth-order valence-corrected chi connectivity index (χ4v) is 4.94. The van der Waals surface area contributed by atoms with Crippen molar-refractivity contribution < 1.29 is 4.52 Å². The first-order valence-corrected chi connectivity index (χ1v) is 12.2. The van der Waals surface area contributed by atoms with Gasteiger partial charge in [-0.15, -0.1) is 11.3 Å². The van der Waals surface area contributed by atoms with E-state index in [-0.39, 0.29) is 12.0 Å². The van der Waals surface area contributed by atoms with Crippen molar-refractivity contribution >= 4 is 44.0 Å². The Labute approximate surface area is 203 Å². The second-order valence-electron chi connectivity index (χ2n) is 7.84. The Kier molecular flexibility index (Phi) is 6.10. The van der Waals surface area contributed by atoms with Gasteiger partial charge in [-0.2, -0.15) is 4.98 Å². The van der Waals surface area contributed by atoms with Gasteiger partial charge in [-0.25, -0.2) is 4.98 Å². The number of rotatable bonds is 6. The van der Waals surface area contributed by atoms with Crippen molar-refractivity contribution in [2.45, 2.75) is 25.3 Å². The number of halogens is 1. The number of nitrogens with two attached hydrogens (primary N) is 1. The van der Waals surface area contributed by atoms with Crippen LogP contribution < -0.4 is 11.1 Å². The number of benzene rings is 2. The molecule has 0 unspecified atom stereocenters. The summed E-state index contributed by atoms with van der Waals surface area (Å²) in [6.07, 6.45) is 2.58. The minimum Gasteiger partial charge on any atom is -0.370 e. The number of nitrogens with zero attached hydrogens (tertiary/aromatic N) is 4. The molecule has 0 saturated carbocycles. The lowest BCUT2D eigenvalue weighted by molar-refractivity contribution is 0.320. The Hall–Kier alpha value is -3.24. The topological polar surface area (TPSA) is 117 Å². The van der Waals surface area contributed by atoms with Crippen molar-refractivity contribution in [1.29, 1.82) is 5.41 Å². The third-order valence-electron chi connectivity index (χ3n) is 5.60. The number of nitrogens with one attached hydrogen (secondary N) is 2. The highest BCUT2D eigenvalue weighted by molar-refractivity contribution is 9.10. The molecule has 10 heteroatoms. The Morgan fingerprint density at radius 2 is 1.91 bits per heavy atom. The molecule has 5 rings (SSSR count). The largest absolute Gasteiger partial charge is 0.370 e. The van der Waals surface area contributed by atoms with Gasteiger partial charge in [-0.1, -0.05) is 33.2 Å². The average Bonchev–Trinajstić information content (AvgIpc) is 3.57. The van der Waals surface area contributed by atoms with Gasteiger partial charge in [0.25, 0.3) is 0 Å². The van der Waals surface area contributed by atoms with E-state index < -0.39 is 0 Å². The van der Waals surface area contributed by atoms with Crippen LogP contribution in [-0.2, 0) is 6.42 Å². The number of anilines is 2. The first-order valence-electron chi connectivity index (χ1n) is 10.6. The molecule has 2 aromatic heterocycles. The molecule has 0 amide bonds. The highest BCUT2D eigenvalue weighted by Crippen LogP contribution is 2.29. The van der Waals surface area contributed by atoms with Crippen molar-refractivity contribution in [3.8, 4) is 22.6 Å². The summed E-state index contributed by atoms with van der Waals surface area (Å²) in [5.41, 5.74) is 9.50. The van der Waals surface area contributed by atoms with Crippen molar-refractivity contribution in [3.05, 3.63) is 64.3 Å². The molecule has 1 saturated heterocycles. The second-order valence-corrected chi connectivity index (χ2v) is 9.61. The molecule has 4 aromatic rings. The van der Waals surface area contributed by atoms with Gasteiger partial charge in [0.2, 0.25) is 11.7 Å². The number of guanidine groups is 1. The Balaban J connectivity index is 1.23. The lowest BCUT2D eigenvalue weighted by Crippen LogP contribution is -2.41. The smallest absolute Gasteiger partial charge is 0.229 e. The summed E-state index contributed by atoms with van der Waals surface area (Å²) >= 11 is 5.02. The molecule has 3 heterocycles. The third-order valence-corrected chi connectivity index (χ3v) is 6.89. The van der Waals surface area contributed by atoms with E-state index in [2.05, 4.69) is 36.4 Å². The quantitative estimate of drug-likeness (QED) is 0.233. The fraction of sp³-hybridized carbons (Fsp3) is 0.217. The second kappa shape index (κ2) is 9.32. The number of aromatic nitrogens is 3. The van der Waals surface area contributed by atoms with Crippen LogP contribution in [0.15, 0.2) is 62.9 Å². The molecule has 0 bridgehead atoms. The summed E-state index contributed by atoms with van der Waals surface area (Å²) in [7, 11) is 0. The minimum absolute atomic E-state index is 0.101. The predicted octanol–water partition coefficient (Wildman–Crippen LogP) is 5.27. The van der Waals surface area contributed by atoms with E-state index in [9.17, 15) is 0 Å². The minimum atomic E-state index is 0.101. The summed E-state index contributed by atoms with van der Waals surface area (Å²) in [6.45, 7) is 0.805. The van der Waals surface area contributed by atoms with Gasteiger partial charge in [0, 0.05) is 45.7 Å². The van der Waals surface area contributed by atoms with Crippen molar-refractivity contribution in [2.75, 3.05) is 11.9 Å². The normalized spacial score (nSPS) is 15.7. The molecule has 2 aromatic carbocycles. The van der Waals surface area contributed by atoms with Crippen molar-refractivity contribution in [2.24, 2.45) is 5.73 Å². The number of likely N-dealkylation sites (tertiary alicyclic amines) is 1. The monoisotopic (exact) mass is 523 g/mol. The average molecular weight is 524 g/mol. The van der Waals surface area contributed by atoms with Crippen LogP contribution in [0, 0.1) is 5.41 Å². The number of thiazole rings is 1. The first-order chi connectivity index (χ1) is 16.0. The van der Waals surface area contributed by atoms with Gasteiger partial charge in [-0.3, -0.25) is 5.41 Å². The van der Waals surface area contributed by atoms with Gasteiger partial charge < -0.3 is 20.5 Å². The van der Waals surface area contributed by atoms with Gasteiger partial charge >= 0.3 is 0 Å². The van der Waals surface area contributed by atoms with Crippen LogP contribution >= 0.6 is 27.3 Å².